The van der Waals surface area contributed by atoms with E-state index in [1.807, 2.05) is 0 Å². The van der Waals surface area contributed by atoms with E-state index in [0.29, 0.717) is 15.3 Å². The fourth-order valence-corrected chi connectivity index (χ4v) is 4.91. The van der Waals surface area contributed by atoms with Gasteiger partial charge in [-0.15, -0.1) is 11.3 Å². The molecule has 3 heterocycles. The van der Waals surface area contributed by atoms with Crippen LogP contribution in [0.4, 0.5) is 13.2 Å². The van der Waals surface area contributed by atoms with Crippen molar-refractivity contribution in [2.24, 2.45) is 5.73 Å². The van der Waals surface area contributed by atoms with Gasteiger partial charge in [0.05, 0.1) is 28.7 Å². The van der Waals surface area contributed by atoms with Gasteiger partial charge in [0.15, 0.2) is 5.52 Å². The van der Waals surface area contributed by atoms with E-state index in [0.717, 1.165) is 28.2 Å². The Kier molecular flexibility index (Phi) is 7.47. The lowest BCUT2D eigenvalue weighted by atomic mass is 10.1. The van der Waals surface area contributed by atoms with Crippen LogP contribution in [-0.4, -0.2) is 47.8 Å². The number of fused-ring (bicyclic) bond motifs is 2. The van der Waals surface area contributed by atoms with Crippen molar-refractivity contribution in [3.05, 3.63) is 87.0 Å². The number of aromatic nitrogens is 5. The Labute approximate surface area is 232 Å². The SMILES string of the molecule is N[C@@H](Cc1ccc(OC(=O)Cc2nn(Cc3nc4cc(C(F)(F)F)ccc4s3)c(=O)c3nccnc23)cc1)C(=O)O. The Morgan fingerprint density at radius 1 is 1.07 bits per heavy atom. The van der Waals surface area contributed by atoms with Crippen LogP contribution >= 0.6 is 11.3 Å². The molecule has 3 aromatic heterocycles. The van der Waals surface area contributed by atoms with Gasteiger partial charge in [-0.2, -0.15) is 18.3 Å². The van der Waals surface area contributed by atoms with Crippen LogP contribution in [0.5, 0.6) is 5.75 Å². The summed E-state index contributed by atoms with van der Waals surface area (Å²) in [7, 11) is 0. The lowest BCUT2D eigenvalue weighted by molar-refractivity contribution is -0.139. The summed E-state index contributed by atoms with van der Waals surface area (Å²) < 4.78 is 46.2. The number of rotatable bonds is 8. The number of carbonyl (C=O) groups is 2. The van der Waals surface area contributed by atoms with Crippen molar-refractivity contribution in [1.29, 1.82) is 0 Å². The predicted octanol–water partition coefficient (Wildman–Crippen LogP) is 2.97. The Balaban J connectivity index is 1.38. The normalized spacial score (nSPS) is 12.5. The number of esters is 1. The maximum absolute atomic E-state index is 13.1. The minimum absolute atomic E-state index is 0.0510. The molecule has 0 saturated carbocycles. The summed E-state index contributed by atoms with van der Waals surface area (Å²) in [6.07, 6.45) is -2.15. The first-order chi connectivity index (χ1) is 19.5. The van der Waals surface area contributed by atoms with Crippen LogP contribution in [0.3, 0.4) is 0 Å². The van der Waals surface area contributed by atoms with Gasteiger partial charge in [0, 0.05) is 12.4 Å². The molecule has 0 aliphatic rings. The molecule has 5 aromatic rings. The minimum atomic E-state index is -4.52. The lowest BCUT2D eigenvalue weighted by Crippen LogP contribution is -2.32. The summed E-state index contributed by atoms with van der Waals surface area (Å²) in [6.45, 7) is -0.173. The Hall–Kier alpha value is -4.76. The number of aliphatic carboxylic acids is 1. The summed E-state index contributed by atoms with van der Waals surface area (Å²) in [5, 5.41) is 13.6. The van der Waals surface area contributed by atoms with Gasteiger partial charge in [0.25, 0.3) is 5.56 Å². The van der Waals surface area contributed by atoms with Crippen LogP contribution in [0.25, 0.3) is 21.3 Å². The van der Waals surface area contributed by atoms with Crippen LogP contribution < -0.4 is 16.0 Å². The highest BCUT2D eigenvalue weighted by atomic mass is 32.1. The molecule has 11 nitrogen and oxygen atoms in total. The standard InChI is InChI=1S/C26H19F3N6O5S/c27-26(28,29)14-3-6-19-17(10-14)33-20(41-19)12-35-24(37)23-22(31-7-8-32-23)18(34-35)11-21(36)40-15-4-1-13(2-5-15)9-16(30)25(38)39/h1-8,10,16H,9,11-12,30H2,(H,38,39)/t16-/m0/s1. The van der Waals surface area contributed by atoms with Gasteiger partial charge in [-0.3, -0.25) is 19.4 Å². The number of carboxylic acid groups (broad SMARTS) is 1. The molecule has 0 unspecified atom stereocenters. The maximum atomic E-state index is 13.1. The number of carbonyl (C=O) groups excluding carboxylic acids is 1. The molecule has 210 valence electrons. The molecule has 3 N–H and O–H groups in total. The number of thiazole rings is 1. The quantitative estimate of drug-likeness (QED) is 0.205. The molecule has 5 rings (SSSR count). The van der Waals surface area contributed by atoms with E-state index in [1.165, 1.54) is 30.6 Å². The molecule has 1 atom stereocenters. The molecular weight excluding hydrogens is 565 g/mol. The molecule has 2 aromatic carbocycles. The van der Waals surface area contributed by atoms with E-state index in [2.05, 4.69) is 20.1 Å². The number of carboxylic acids is 1. The number of nitrogens with zero attached hydrogens (tertiary/aromatic N) is 5. The number of hydrogen-bond donors (Lipinski definition) is 2. The second-order valence-corrected chi connectivity index (χ2v) is 10.0. The van der Waals surface area contributed by atoms with Crippen molar-refractivity contribution >= 4 is 44.5 Å². The maximum Gasteiger partial charge on any atom is 0.416 e. The highest BCUT2D eigenvalue weighted by molar-refractivity contribution is 7.18. The number of halogens is 3. The molecule has 0 aliphatic heterocycles. The number of hydrogen-bond acceptors (Lipinski definition) is 10. The van der Waals surface area contributed by atoms with Gasteiger partial charge in [-0.05, 0) is 42.3 Å². The van der Waals surface area contributed by atoms with Crippen molar-refractivity contribution in [2.45, 2.75) is 31.6 Å². The van der Waals surface area contributed by atoms with Crippen LogP contribution in [0.1, 0.15) is 21.8 Å². The lowest BCUT2D eigenvalue weighted by Gasteiger charge is -2.10. The van der Waals surface area contributed by atoms with E-state index in [-0.39, 0.29) is 47.4 Å². The highest BCUT2D eigenvalue weighted by Crippen LogP contribution is 2.33. The van der Waals surface area contributed by atoms with Crippen LogP contribution in [0.15, 0.2) is 59.7 Å². The zero-order valence-corrected chi connectivity index (χ0v) is 21.6. The molecule has 0 spiro atoms. The van der Waals surface area contributed by atoms with Gasteiger partial charge >= 0.3 is 18.1 Å². The monoisotopic (exact) mass is 584 g/mol. The average Bonchev–Trinajstić information content (AvgIpc) is 3.33. The number of ether oxygens (including phenoxy) is 1. The summed E-state index contributed by atoms with van der Waals surface area (Å²) in [6, 6.07) is 8.29. The third-order valence-electron chi connectivity index (χ3n) is 5.93. The van der Waals surface area contributed by atoms with Crippen molar-refractivity contribution in [1.82, 2.24) is 24.7 Å². The smallest absolute Gasteiger partial charge is 0.416 e. The summed E-state index contributed by atoms with van der Waals surface area (Å²) in [5.74, 6) is -1.66. The van der Waals surface area contributed by atoms with Crippen molar-refractivity contribution in [3.63, 3.8) is 0 Å². The Morgan fingerprint density at radius 2 is 1.78 bits per heavy atom. The van der Waals surface area contributed by atoms with Crippen LogP contribution in [0, 0.1) is 0 Å². The summed E-state index contributed by atoms with van der Waals surface area (Å²) in [5.41, 5.74) is 5.01. The van der Waals surface area contributed by atoms with E-state index in [1.54, 1.807) is 12.1 Å². The fraction of sp³-hybridized carbons (Fsp3) is 0.192. The second-order valence-electron chi connectivity index (χ2n) is 8.89. The second kappa shape index (κ2) is 11.0. The molecule has 0 fully saturated rings. The number of alkyl halides is 3. The van der Waals surface area contributed by atoms with Gasteiger partial charge in [-0.1, -0.05) is 12.1 Å². The van der Waals surface area contributed by atoms with Crippen LogP contribution in [-0.2, 0) is 35.2 Å². The largest absolute Gasteiger partial charge is 0.480 e. The Bertz CT molecular complexity index is 1840. The molecule has 15 heteroatoms. The van der Waals surface area contributed by atoms with Gasteiger partial charge in [0.1, 0.15) is 28.0 Å². The molecule has 0 saturated heterocycles. The summed E-state index contributed by atoms with van der Waals surface area (Å²) in [4.78, 5) is 49.2. The minimum Gasteiger partial charge on any atom is -0.480 e. The third kappa shape index (κ3) is 6.20. The van der Waals surface area contributed by atoms with Gasteiger partial charge < -0.3 is 15.6 Å². The van der Waals surface area contributed by atoms with Gasteiger partial charge in [0.2, 0.25) is 0 Å². The van der Waals surface area contributed by atoms with E-state index >= 15 is 0 Å². The first-order valence-electron chi connectivity index (χ1n) is 11.9. The van der Waals surface area contributed by atoms with E-state index < -0.39 is 35.3 Å². The first-order valence-corrected chi connectivity index (χ1v) is 12.7. The zero-order valence-electron chi connectivity index (χ0n) is 20.8. The first kappa shape index (κ1) is 27.8. The van der Waals surface area contributed by atoms with Crippen LogP contribution in [0.2, 0.25) is 0 Å². The fourth-order valence-electron chi connectivity index (χ4n) is 3.98. The average molecular weight is 585 g/mol. The molecular formula is C26H19F3N6O5S. The third-order valence-corrected chi connectivity index (χ3v) is 6.96. The predicted molar refractivity (Wildman–Crippen MR) is 140 cm³/mol. The number of benzene rings is 2. The van der Waals surface area contributed by atoms with Crippen molar-refractivity contribution < 1.29 is 32.6 Å². The molecule has 0 radical (unpaired) electrons. The molecule has 0 bridgehead atoms. The number of nitrogens with two attached hydrogens (primary N) is 1. The van der Waals surface area contributed by atoms with Gasteiger partial charge in [-0.25, -0.2) is 14.6 Å². The van der Waals surface area contributed by atoms with E-state index in [9.17, 15) is 27.6 Å². The zero-order chi connectivity index (χ0) is 29.3. The van der Waals surface area contributed by atoms with E-state index in [4.69, 9.17) is 15.6 Å². The summed E-state index contributed by atoms with van der Waals surface area (Å²) >= 11 is 1.11. The van der Waals surface area contributed by atoms with Crippen molar-refractivity contribution in [3.8, 4) is 5.75 Å². The topological polar surface area (TPSA) is 163 Å². The highest BCUT2D eigenvalue weighted by Gasteiger charge is 2.31. The molecule has 0 amide bonds. The molecule has 0 aliphatic carbocycles. The Morgan fingerprint density at radius 3 is 2.46 bits per heavy atom. The molecule has 41 heavy (non-hydrogen) atoms. The van der Waals surface area contributed by atoms with Crippen molar-refractivity contribution in [2.75, 3.05) is 0 Å².